The average Bonchev–Trinajstić information content (AvgIpc) is 2.82. The van der Waals surface area contributed by atoms with Gasteiger partial charge in [-0.15, -0.1) is 12.6 Å². The zero-order valence-electron chi connectivity index (χ0n) is 20.3. The molecule has 0 saturated heterocycles. The summed E-state index contributed by atoms with van der Waals surface area (Å²) in [6, 6.07) is 0. The number of thiol groups is 1. The van der Waals surface area contributed by atoms with E-state index in [1.165, 1.54) is 38.5 Å². The second-order valence-corrected chi connectivity index (χ2v) is 10.8. The second-order valence-electron chi connectivity index (χ2n) is 10.3. The van der Waals surface area contributed by atoms with Gasteiger partial charge in [0.25, 0.3) is 0 Å². The molecule has 0 aromatic rings. The lowest BCUT2D eigenvalue weighted by atomic mass is 9.72. The van der Waals surface area contributed by atoms with Gasteiger partial charge in [-0.1, -0.05) is 112 Å². The maximum absolute atomic E-state index is 13.9. The molecule has 0 radical (unpaired) electrons. The van der Waals surface area contributed by atoms with Crippen molar-refractivity contribution in [3.63, 3.8) is 0 Å². The molecule has 1 aliphatic rings. The largest absolute Gasteiger partial charge is 0.293 e. The van der Waals surface area contributed by atoms with Gasteiger partial charge in [0, 0.05) is 5.57 Å². The summed E-state index contributed by atoms with van der Waals surface area (Å²) in [5.74, 6) is 0.642. The third-order valence-electron chi connectivity index (χ3n) is 6.19. The lowest BCUT2D eigenvalue weighted by Crippen LogP contribution is -2.28. The normalized spacial score (nSPS) is 20.2. The van der Waals surface area contributed by atoms with Crippen LogP contribution >= 0.6 is 12.6 Å². The lowest BCUT2D eigenvalue weighted by molar-refractivity contribution is -0.122. The highest BCUT2D eigenvalue weighted by atomic mass is 32.1. The summed E-state index contributed by atoms with van der Waals surface area (Å²) < 4.78 is 0. The van der Waals surface area contributed by atoms with Crippen LogP contribution in [0, 0.1) is 16.7 Å². The number of carbonyl (C=O) groups is 1. The maximum atomic E-state index is 13.9. The first kappa shape index (κ1) is 26.3. The Morgan fingerprint density at radius 1 is 1.00 bits per heavy atom. The van der Waals surface area contributed by atoms with Crippen LogP contribution in [0.2, 0.25) is 0 Å². The van der Waals surface area contributed by atoms with Crippen LogP contribution in [0.25, 0.3) is 0 Å². The smallest absolute Gasteiger partial charge is 0.173 e. The van der Waals surface area contributed by atoms with Gasteiger partial charge in [-0.3, -0.25) is 4.79 Å². The fourth-order valence-corrected chi connectivity index (χ4v) is 4.66. The van der Waals surface area contributed by atoms with Crippen LogP contribution in [0.1, 0.15) is 113 Å². The molecule has 0 N–H and O–H groups in total. The summed E-state index contributed by atoms with van der Waals surface area (Å²) >= 11 is 4.94. The number of carbonyl (C=O) groups excluding carboxylic acids is 1. The first-order valence-corrected chi connectivity index (χ1v) is 12.4. The number of hydrogen-bond acceptors (Lipinski definition) is 2. The Kier molecular flexibility index (Phi) is 10.5. The quantitative estimate of drug-likeness (QED) is 0.201. The molecule has 0 atom stereocenters. The first-order chi connectivity index (χ1) is 13.5. The van der Waals surface area contributed by atoms with Crippen molar-refractivity contribution in [2.24, 2.45) is 16.7 Å². The second kappa shape index (κ2) is 11.6. The van der Waals surface area contributed by atoms with E-state index < -0.39 is 5.41 Å². The van der Waals surface area contributed by atoms with Crippen LogP contribution in [-0.4, -0.2) is 5.78 Å². The summed E-state index contributed by atoms with van der Waals surface area (Å²) in [4.78, 5) is 15.0. The van der Waals surface area contributed by atoms with Crippen molar-refractivity contribution >= 4 is 18.4 Å². The van der Waals surface area contributed by atoms with E-state index in [1.807, 2.05) is 0 Å². The Morgan fingerprint density at radius 2 is 1.48 bits per heavy atom. The lowest BCUT2D eigenvalue weighted by Gasteiger charge is -2.30. The van der Waals surface area contributed by atoms with Crippen LogP contribution in [0.5, 0.6) is 0 Å². The van der Waals surface area contributed by atoms with Crippen LogP contribution in [0.3, 0.4) is 0 Å². The van der Waals surface area contributed by atoms with Crippen LogP contribution in [0.15, 0.2) is 34.3 Å². The molecule has 29 heavy (non-hydrogen) atoms. The predicted molar refractivity (Wildman–Crippen MR) is 132 cm³/mol. The molecule has 1 nitrogen and oxygen atoms in total. The topological polar surface area (TPSA) is 17.1 Å². The highest BCUT2D eigenvalue weighted by Crippen LogP contribution is 2.55. The molecule has 0 heterocycles. The molecule has 0 bridgehead atoms. The maximum Gasteiger partial charge on any atom is 0.173 e. The first-order valence-electron chi connectivity index (χ1n) is 11.9. The average molecular weight is 419 g/mol. The van der Waals surface area contributed by atoms with E-state index in [-0.39, 0.29) is 5.41 Å². The van der Waals surface area contributed by atoms with Crippen molar-refractivity contribution in [3.05, 3.63) is 34.3 Å². The van der Waals surface area contributed by atoms with E-state index >= 15 is 0 Å². The van der Waals surface area contributed by atoms with Gasteiger partial charge in [0.1, 0.15) is 0 Å². The molecule has 2 heteroatoms. The number of unbranched alkanes of at least 4 members (excludes halogenated alkanes) is 6. The van der Waals surface area contributed by atoms with Gasteiger partial charge in [0.15, 0.2) is 5.78 Å². The molecule has 1 saturated carbocycles. The minimum atomic E-state index is -0.420. The Morgan fingerprint density at radius 3 is 1.86 bits per heavy atom. The van der Waals surface area contributed by atoms with Gasteiger partial charge in [-0.25, -0.2) is 0 Å². The Bertz CT molecular complexity index is 615. The molecule has 1 aliphatic carbocycles. The summed E-state index contributed by atoms with van der Waals surface area (Å²) in [7, 11) is 0. The molecule has 0 aliphatic heterocycles. The zero-order valence-corrected chi connectivity index (χ0v) is 21.2. The van der Waals surface area contributed by atoms with Gasteiger partial charge in [0.05, 0.1) is 5.41 Å². The van der Waals surface area contributed by atoms with Crippen LogP contribution < -0.4 is 0 Å². The summed E-state index contributed by atoms with van der Waals surface area (Å²) in [6.07, 6.45) is 13.5. The molecule has 0 aromatic heterocycles. The molecule has 1 fully saturated rings. The fourth-order valence-electron chi connectivity index (χ4n) is 4.41. The minimum Gasteiger partial charge on any atom is -0.293 e. The van der Waals surface area contributed by atoms with Crippen molar-refractivity contribution in [3.8, 4) is 0 Å². The number of rotatable bonds is 11. The van der Waals surface area contributed by atoms with Gasteiger partial charge >= 0.3 is 0 Å². The summed E-state index contributed by atoms with van der Waals surface area (Å²) in [6.45, 7) is 19.9. The standard InChI is InChI=1S/C27H46OS/c1-9-11-13-15-17-27(18-16-14-12-10-2)21(5)23(25(29)26(6,7)8)22(24(27)28)19-20(3)4/h19-20,29H,5,9-18H2,1-4,6-8H3/b22-19-,25-23-. The van der Waals surface area contributed by atoms with Gasteiger partial charge in [-0.05, 0) is 40.2 Å². The van der Waals surface area contributed by atoms with E-state index in [1.54, 1.807) is 0 Å². The van der Waals surface area contributed by atoms with E-state index in [4.69, 9.17) is 12.6 Å². The monoisotopic (exact) mass is 418 g/mol. The molecular formula is C27H46OS. The SMILES string of the molecule is C=C1C(=C(/S)C(C)(C)C)/C(=C/C(C)C)C(=O)C1(CCCCCC)CCCCCC. The summed E-state index contributed by atoms with van der Waals surface area (Å²) in [5, 5.41) is 0. The molecule has 1 rings (SSSR count). The Labute approximate surface area is 186 Å². The van der Waals surface area contributed by atoms with Crippen molar-refractivity contribution in [2.45, 2.75) is 113 Å². The number of ketones is 1. The Balaban J connectivity index is 3.44. The molecule has 166 valence electrons. The van der Waals surface area contributed by atoms with E-state index in [2.05, 4.69) is 61.1 Å². The van der Waals surface area contributed by atoms with Crippen molar-refractivity contribution in [2.75, 3.05) is 0 Å². The molecule has 0 amide bonds. The van der Waals surface area contributed by atoms with Crippen molar-refractivity contribution in [1.82, 2.24) is 0 Å². The highest BCUT2D eigenvalue weighted by Gasteiger charge is 2.50. The molecular weight excluding hydrogens is 372 g/mol. The van der Waals surface area contributed by atoms with E-state index in [0.717, 1.165) is 47.3 Å². The zero-order chi connectivity index (χ0) is 22.2. The van der Waals surface area contributed by atoms with E-state index in [9.17, 15) is 4.79 Å². The van der Waals surface area contributed by atoms with Gasteiger partial charge in [-0.2, -0.15) is 0 Å². The van der Waals surface area contributed by atoms with Gasteiger partial charge < -0.3 is 0 Å². The number of hydrogen-bond donors (Lipinski definition) is 1. The number of Topliss-reactive ketones (excluding diaryl/α,β-unsaturated/α-hetero) is 1. The predicted octanol–water partition coefficient (Wildman–Crippen LogP) is 8.86. The fraction of sp³-hybridized carbons (Fsp3) is 0.741. The Hall–Kier alpha value is -0.760. The van der Waals surface area contributed by atoms with Gasteiger partial charge in [0.2, 0.25) is 0 Å². The highest BCUT2D eigenvalue weighted by molar-refractivity contribution is 7.84. The number of allylic oxidation sites excluding steroid dienone is 5. The van der Waals surface area contributed by atoms with E-state index in [0.29, 0.717) is 11.7 Å². The third kappa shape index (κ3) is 6.61. The van der Waals surface area contributed by atoms with Crippen LogP contribution in [0.4, 0.5) is 0 Å². The molecule has 0 unspecified atom stereocenters. The summed E-state index contributed by atoms with van der Waals surface area (Å²) in [5.41, 5.74) is 2.46. The van der Waals surface area contributed by atoms with Crippen molar-refractivity contribution < 1.29 is 4.79 Å². The molecule has 0 aromatic carbocycles. The van der Waals surface area contributed by atoms with Crippen LogP contribution in [-0.2, 0) is 4.79 Å². The van der Waals surface area contributed by atoms with Crippen molar-refractivity contribution in [1.29, 1.82) is 0 Å². The third-order valence-corrected chi connectivity index (χ3v) is 7.08. The molecule has 0 spiro atoms. The minimum absolute atomic E-state index is 0.0990.